The quantitative estimate of drug-likeness (QED) is 0.182. The van der Waals surface area contributed by atoms with Crippen LogP contribution in [0.5, 0.6) is 0 Å². The lowest BCUT2D eigenvalue weighted by atomic mass is 9.89. The SMILES string of the molecule is c1ccc(-c2ccc3c(-c4cc(-c5nc(-c6ccccc6)nc(-c6ccccc6)n5)c5ccccc5c4)cc4ccccc4c3c2)cc1. The van der Waals surface area contributed by atoms with Crippen molar-refractivity contribution in [1.82, 2.24) is 15.0 Å². The molecular weight excluding hydrogens is 583 g/mol. The Morgan fingerprint density at radius 1 is 0.250 bits per heavy atom. The van der Waals surface area contributed by atoms with E-state index in [9.17, 15) is 0 Å². The molecule has 0 aliphatic carbocycles. The van der Waals surface area contributed by atoms with Crippen LogP contribution in [0, 0.1) is 0 Å². The number of benzene rings is 8. The zero-order valence-electron chi connectivity index (χ0n) is 26.1. The van der Waals surface area contributed by atoms with Crippen LogP contribution in [-0.4, -0.2) is 15.0 Å². The topological polar surface area (TPSA) is 38.7 Å². The standard InChI is InChI=1S/C45H29N3/c1-4-14-30(15-5-1)33-24-25-39-40(28-35-21-11-12-22-37(35)41(39)27-33)36-26-34-20-10-13-23-38(34)42(29-36)45-47-43(31-16-6-2-7-17-31)46-44(48-45)32-18-8-3-9-19-32/h1-29H. The van der Waals surface area contributed by atoms with Gasteiger partial charge in [0, 0.05) is 16.7 Å². The highest BCUT2D eigenvalue weighted by atomic mass is 15.0. The highest BCUT2D eigenvalue weighted by Crippen LogP contribution is 2.40. The van der Waals surface area contributed by atoms with Crippen LogP contribution in [0.25, 0.3) is 88.7 Å². The maximum Gasteiger partial charge on any atom is 0.164 e. The zero-order valence-corrected chi connectivity index (χ0v) is 26.1. The summed E-state index contributed by atoms with van der Waals surface area (Å²) in [6, 6.07) is 61.8. The minimum Gasteiger partial charge on any atom is -0.208 e. The van der Waals surface area contributed by atoms with Gasteiger partial charge in [0.05, 0.1) is 0 Å². The van der Waals surface area contributed by atoms with Gasteiger partial charge in [0.15, 0.2) is 17.5 Å². The van der Waals surface area contributed by atoms with E-state index in [1.54, 1.807) is 0 Å². The molecule has 48 heavy (non-hydrogen) atoms. The summed E-state index contributed by atoms with van der Waals surface area (Å²) in [4.78, 5) is 15.2. The molecule has 3 nitrogen and oxygen atoms in total. The molecule has 0 bridgehead atoms. The monoisotopic (exact) mass is 611 g/mol. The van der Waals surface area contributed by atoms with E-state index < -0.39 is 0 Å². The summed E-state index contributed by atoms with van der Waals surface area (Å²) in [7, 11) is 0. The molecular formula is C45H29N3. The van der Waals surface area contributed by atoms with Crippen molar-refractivity contribution in [1.29, 1.82) is 0 Å². The van der Waals surface area contributed by atoms with Gasteiger partial charge >= 0.3 is 0 Å². The Bertz CT molecular complexity index is 2540. The first-order chi connectivity index (χ1) is 23.8. The molecule has 9 aromatic rings. The Kier molecular flexibility index (Phi) is 6.80. The van der Waals surface area contributed by atoms with Gasteiger partial charge in [-0.3, -0.25) is 0 Å². The Morgan fingerprint density at radius 2 is 0.771 bits per heavy atom. The van der Waals surface area contributed by atoms with Gasteiger partial charge in [-0.25, -0.2) is 15.0 Å². The first-order valence-electron chi connectivity index (χ1n) is 16.2. The number of hydrogen-bond acceptors (Lipinski definition) is 3. The normalized spacial score (nSPS) is 11.3. The highest BCUT2D eigenvalue weighted by Gasteiger charge is 2.17. The fraction of sp³-hybridized carbons (Fsp3) is 0. The van der Waals surface area contributed by atoms with Crippen LogP contribution >= 0.6 is 0 Å². The van der Waals surface area contributed by atoms with Gasteiger partial charge in [-0.15, -0.1) is 0 Å². The highest BCUT2D eigenvalue weighted by molar-refractivity contribution is 6.15. The predicted molar refractivity (Wildman–Crippen MR) is 200 cm³/mol. The summed E-state index contributed by atoms with van der Waals surface area (Å²) in [6.07, 6.45) is 0. The molecule has 0 radical (unpaired) electrons. The second-order valence-corrected chi connectivity index (χ2v) is 12.1. The molecule has 0 aliphatic heterocycles. The molecule has 0 unspecified atom stereocenters. The van der Waals surface area contributed by atoms with Gasteiger partial charge in [0.25, 0.3) is 0 Å². The van der Waals surface area contributed by atoms with Gasteiger partial charge in [0.2, 0.25) is 0 Å². The molecule has 8 aromatic carbocycles. The van der Waals surface area contributed by atoms with Crippen molar-refractivity contribution in [3.8, 4) is 56.4 Å². The predicted octanol–water partition coefficient (Wildman–Crippen LogP) is 11.7. The van der Waals surface area contributed by atoms with E-state index in [1.165, 1.54) is 38.2 Å². The van der Waals surface area contributed by atoms with Gasteiger partial charge in [-0.1, -0.05) is 152 Å². The maximum atomic E-state index is 5.12. The van der Waals surface area contributed by atoms with Crippen molar-refractivity contribution in [2.45, 2.75) is 0 Å². The fourth-order valence-electron chi connectivity index (χ4n) is 6.73. The molecule has 0 atom stereocenters. The number of nitrogens with zero attached hydrogens (tertiary/aromatic N) is 3. The average Bonchev–Trinajstić information content (AvgIpc) is 3.18. The molecule has 0 amide bonds. The van der Waals surface area contributed by atoms with Gasteiger partial charge in [-0.2, -0.15) is 0 Å². The molecule has 0 N–H and O–H groups in total. The minimum absolute atomic E-state index is 0.650. The van der Waals surface area contributed by atoms with E-state index in [0.29, 0.717) is 17.5 Å². The number of rotatable bonds is 5. The maximum absolute atomic E-state index is 5.12. The molecule has 0 spiro atoms. The van der Waals surface area contributed by atoms with E-state index in [2.05, 4.69) is 115 Å². The van der Waals surface area contributed by atoms with Gasteiger partial charge in [0.1, 0.15) is 0 Å². The molecule has 9 rings (SSSR count). The van der Waals surface area contributed by atoms with Crippen LogP contribution < -0.4 is 0 Å². The lowest BCUT2D eigenvalue weighted by molar-refractivity contribution is 1.08. The summed E-state index contributed by atoms with van der Waals surface area (Å²) in [6.45, 7) is 0. The van der Waals surface area contributed by atoms with Crippen molar-refractivity contribution in [2.24, 2.45) is 0 Å². The van der Waals surface area contributed by atoms with Crippen LogP contribution in [0.1, 0.15) is 0 Å². The molecule has 0 aliphatic rings. The van der Waals surface area contributed by atoms with Crippen LogP contribution in [0.15, 0.2) is 176 Å². The third kappa shape index (κ3) is 4.99. The van der Waals surface area contributed by atoms with Crippen LogP contribution in [0.3, 0.4) is 0 Å². The van der Waals surface area contributed by atoms with Crippen molar-refractivity contribution < 1.29 is 0 Å². The second kappa shape index (κ2) is 11.7. The second-order valence-electron chi connectivity index (χ2n) is 12.1. The minimum atomic E-state index is 0.650. The van der Waals surface area contributed by atoms with Crippen molar-refractivity contribution in [2.75, 3.05) is 0 Å². The number of hydrogen-bond donors (Lipinski definition) is 0. The lowest BCUT2D eigenvalue weighted by Crippen LogP contribution is -2.00. The summed E-state index contributed by atoms with van der Waals surface area (Å²) in [5.74, 6) is 1.95. The van der Waals surface area contributed by atoms with Crippen LogP contribution in [0.4, 0.5) is 0 Å². The Balaban J connectivity index is 1.31. The van der Waals surface area contributed by atoms with Crippen LogP contribution in [0.2, 0.25) is 0 Å². The third-order valence-corrected chi connectivity index (χ3v) is 9.08. The third-order valence-electron chi connectivity index (χ3n) is 9.08. The van der Waals surface area contributed by atoms with E-state index >= 15 is 0 Å². The van der Waals surface area contributed by atoms with E-state index in [-0.39, 0.29) is 0 Å². The van der Waals surface area contributed by atoms with Crippen molar-refractivity contribution >= 4 is 32.3 Å². The Hall–Kier alpha value is -6.45. The van der Waals surface area contributed by atoms with E-state index in [1.807, 2.05) is 60.7 Å². The van der Waals surface area contributed by atoms with Crippen molar-refractivity contribution in [3.63, 3.8) is 0 Å². The molecule has 1 aromatic heterocycles. The van der Waals surface area contributed by atoms with Crippen LogP contribution in [-0.2, 0) is 0 Å². The summed E-state index contributed by atoms with van der Waals surface area (Å²) < 4.78 is 0. The van der Waals surface area contributed by atoms with E-state index in [0.717, 1.165) is 33.0 Å². The number of fused-ring (bicyclic) bond motifs is 4. The van der Waals surface area contributed by atoms with Gasteiger partial charge in [-0.05, 0) is 78.8 Å². The summed E-state index contributed by atoms with van der Waals surface area (Å²) >= 11 is 0. The first-order valence-corrected chi connectivity index (χ1v) is 16.2. The lowest BCUT2D eigenvalue weighted by Gasteiger charge is -2.16. The molecule has 3 heteroatoms. The summed E-state index contributed by atoms with van der Waals surface area (Å²) in [5, 5.41) is 7.12. The zero-order chi connectivity index (χ0) is 31.9. The first kappa shape index (κ1) is 27.8. The van der Waals surface area contributed by atoms with Gasteiger partial charge < -0.3 is 0 Å². The molecule has 1 heterocycles. The largest absolute Gasteiger partial charge is 0.208 e. The smallest absolute Gasteiger partial charge is 0.164 e. The molecule has 0 saturated heterocycles. The number of aromatic nitrogens is 3. The Labute approximate surface area is 278 Å². The molecule has 0 fully saturated rings. The summed E-state index contributed by atoms with van der Waals surface area (Å²) in [5.41, 5.74) is 7.59. The average molecular weight is 612 g/mol. The van der Waals surface area contributed by atoms with E-state index in [4.69, 9.17) is 15.0 Å². The Morgan fingerprint density at radius 3 is 1.42 bits per heavy atom. The fourth-order valence-corrected chi connectivity index (χ4v) is 6.73. The molecule has 224 valence electrons. The van der Waals surface area contributed by atoms with Crippen molar-refractivity contribution in [3.05, 3.63) is 176 Å². The molecule has 0 saturated carbocycles.